The summed E-state index contributed by atoms with van der Waals surface area (Å²) in [5.74, 6) is 1.45. The van der Waals surface area contributed by atoms with E-state index in [1.807, 2.05) is 0 Å². The highest BCUT2D eigenvalue weighted by molar-refractivity contribution is 4.92. The molecular formula is C20H41NO. The maximum atomic E-state index is 6.02. The molecule has 0 atom stereocenters. The standard InChI is InChI=1S/C20H41NO/c1-16(2)10-11-18(5)21-13-20(8,9)15-22-14-19(6,7)12-17(3)4/h16-17,21H,5,10-15H2,1-4,6-9H3. The third-order valence-electron chi connectivity index (χ3n) is 3.79. The minimum absolute atomic E-state index is 0.134. The molecule has 0 heterocycles. The van der Waals surface area contributed by atoms with Crippen molar-refractivity contribution in [1.82, 2.24) is 5.32 Å². The molecule has 0 radical (unpaired) electrons. The van der Waals surface area contributed by atoms with Gasteiger partial charge in [-0.15, -0.1) is 0 Å². The van der Waals surface area contributed by atoms with Gasteiger partial charge in [-0.25, -0.2) is 0 Å². The lowest BCUT2D eigenvalue weighted by molar-refractivity contribution is 0.00923. The van der Waals surface area contributed by atoms with Gasteiger partial charge in [-0.1, -0.05) is 62.0 Å². The first kappa shape index (κ1) is 21.5. The summed E-state index contributed by atoms with van der Waals surface area (Å²) in [5, 5.41) is 3.48. The highest BCUT2D eigenvalue weighted by atomic mass is 16.5. The molecule has 0 aromatic heterocycles. The van der Waals surface area contributed by atoms with E-state index >= 15 is 0 Å². The molecule has 0 bridgehead atoms. The molecule has 2 heteroatoms. The van der Waals surface area contributed by atoms with Crippen LogP contribution in [0.1, 0.15) is 74.7 Å². The zero-order valence-corrected chi connectivity index (χ0v) is 16.5. The largest absolute Gasteiger partial charge is 0.388 e. The molecule has 0 aliphatic heterocycles. The van der Waals surface area contributed by atoms with E-state index in [1.165, 1.54) is 12.8 Å². The van der Waals surface area contributed by atoms with Gasteiger partial charge in [-0.3, -0.25) is 0 Å². The van der Waals surface area contributed by atoms with Gasteiger partial charge in [0.2, 0.25) is 0 Å². The van der Waals surface area contributed by atoms with E-state index in [0.29, 0.717) is 0 Å². The summed E-state index contributed by atoms with van der Waals surface area (Å²) in [6, 6.07) is 0. The first-order chi connectivity index (χ1) is 9.93. The van der Waals surface area contributed by atoms with E-state index in [9.17, 15) is 0 Å². The van der Waals surface area contributed by atoms with Crippen molar-refractivity contribution in [1.29, 1.82) is 0 Å². The van der Waals surface area contributed by atoms with Gasteiger partial charge in [0, 0.05) is 17.7 Å². The van der Waals surface area contributed by atoms with E-state index in [4.69, 9.17) is 4.74 Å². The smallest absolute Gasteiger partial charge is 0.0534 e. The van der Waals surface area contributed by atoms with Crippen molar-refractivity contribution in [3.63, 3.8) is 0 Å². The predicted molar refractivity (Wildman–Crippen MR) is 99.1 cm³/mol. The Bertz CT molecular complexity index is 316. The minimum Gasteiger partial charge on any atom is -0.388 e. The molecule has 22 heavy (non-hydrogen) atoms. The summed E-state index contributed by atoms with van der Waals surface area (Å²) in [6.45, 7) is 24.8. The number of allylic oxidation sites excluding steroid dienone is 1. The number of hydrogen-bond acceptors (Lipinski definition) is 2. The highest BCUT2D eigenvalue weighted by Crippen LogP contribution is 2.26. The molecular weight excluding hydrogens is 270 g/mol. The molecule has 0 aromatic rings. The first-order valence-corrected chi connectivity index (χ1v) is 8.93. The van der Waals surface area contributed by atoms with Gasteiger partial charge in [0.1, 0.15) is 0 Å². The fourth-order valence-corrected chi connectivity index (χ4v) is 2.73. The number of hydrogen-bond donors (Lipinski definition) is 1. The van der Waals surface area contributed by atoms with Crippen molar-refractivity contribution in [2.45, 2.75) is 74.7 Å². The Kier molecular flexibility index (Phi) is 9.38. The molecule has 0 rings (SSSR count). The average molecular weight is 312 g/mol. The van der Waals surface area contributed by atoms with Crippen LogP contribution in [0.3, 0.4) is 0 Å². The van der Waals surface area contributed by atoms with Crippen LogP contribution in [0.5, 0.6) is 0 Å². The predicted octanol–water partition coefficient (Wildman–Crippen LogP) is 5.64. The van der Waals surface area contributed by atoms with Crippen LogP contribution in [-0.4, -0.2) is 19.8 Å². The summed E-state index contributed by atoms with van der Waals surface area (Å²) in [6.07, 6.45) is 3.47. The zero-order chi connectivity index (χ0) is 17.4. The zero-order valence-electron chi connectivity index (χ0n) is 16.5. The molecule has 1 N–H and O–H groups in total. The van der Waals surface area contributed by atoms with E-state index in [1.54, 1.807) is 0 Å². The molecule has 2 nitrogen and oxygen atoms in total. The Hall–Kier alpha value is -0.500. The molecule has 0 aliphatic rings. The maximum absolute atomic E-state index is 6.02. The van der Waals surface area contributed by atoms with Crippen LogP contribution in [0, 0.1) is 22.7 Å². The highest BCUT2D eigenvalue weighted by Gasteiger charge is 2.23. The Balaban J connectivity index is 4.02. The lowest BCUT2D eigenvalue weighted by atomic mass is 9.85. The SMILES string of the molecule is C=C(CCC(C)C)NCC(C)(C)COCC(C)(C)CC(C)C. The van der Waals surface area contributed by atoms with Gasteiger partial charge >= 0.3 is 0 Å². The molecule has 0 saturated heterocycles. The van der Waals surface area contributed by atoms with Crippen molar-refractivity contribution in [2.24, 2.45) is 22.7 Å². The van der Waals surface area contributed by atoms with Crippen molar-refractivity contribution in [3.8, 4) is 0 Å². The molecule has 0 saturated carbocycles. The second kappa shape index (κ2) is 9.60. The number of ether oxygens (including phenoxy) is 1. The monoisotopic (exact) mass is 311 g/mol. The Morgan fingerprint density at radius 2 is 1.50 bits per heavy atom. The van der Waals surface area contributed by atoms with E-state index in [2.05, 4.69) is 67.3 Å². The van der Waals surface area contributed by atoms with Crippen molar-refractivity contribution in [3.05, 3.63) is 12.3 Å². The van der Waals surface area contributed by atoms with Gasteiger partial charge in [-0.2, -0.15) is 0 Å². The van der Waals surface area contributed by atoms with Gasteiger partial charge in [0.25, 0.3) is 0 Å². The average Bonchev–Trinajstić information content (AvgIpc) is 2.31. The summed E-state index contributed by atoms with van der Waals surface area (Å²) in [7, 11) is 0. The van der Waals surface area contributed by atoms with Gasteiger partial charge in [0.15, 0.2) is 0 Å². The van der Waals surface area contributed by atoms with Gasteiger partial charge in [0.05, 0.1) is 13.2 Å². The molecule has 0 unspecified atom stereocenters. The van der Waals surface area contributed by atoms with Gasteiger partial charge in [-0.05, 0) is 36.5 Å². The van der Waals surface area contributed by atoms with Crippen LogP contribution < -0.4 is 5.32 Å². The lowest BCUT2D eigenvalue weighted by Crippen LogP contribution is -2.34. The Labute approximate surface area is 140 Å². The van der Waals surface area contributed by atoms with Crippen molar-refractivity contribution >= 4 is 0 Å². The first-order valence-electron chi connectivity index (χ1n) is 8.93. The molecule has 0 aromatic carbocycles. The molecule has 0 fully saturated rings. The Morgan fingerprint density at radius 1 is 0.955 bits per heavy atom. The third kappa shape index (κ3) is 12.1. The van der Waals surface area contributed by atoms with Crippen LogP contribution >= 0.6 is 0 Å². The van der Waals surface area contributed by atoms with Crippen LogP contribution in [-0.2, 0) is 4.74 Å². The van der Waals surface area contributed by atoms with Crippen LogP contribution in [0.4, 0.5) is 0 Å². The fraction of sp³-hybridized carbons (Fsp3) is 0.900. The Morgan fingerprint density at radius 3 is 2.00 bits per heavy atom. The second-order valence-electron chi connectivity index (χ2n) is 9.31. The van der Waals surface area contributed by atoms with E-state index < -0.39 is 0 Å². The second-order valence-corrected chi connectivity index (χ2v) is 9.31. The quantitative estimate of drug-likeness (QED) is 0.503. The summed E-state index contributed by atoms with van der Waals surface area (Å²) in [5.41, 5.74) is 1.55. The number of nitrogens with one attached hydrogen (secondary N) is 1. The summed E-state index contributed by atoms with van der Waals surface area (Å²) >= 11 is 0. The van der Waals surface area contributed by atoms with Crippen molar-refractivity contribution in [2.75, 3.05) is 19.8 Å². The van der Waals surface area contributed by atoms with E-state index in [-0.39, 0.29) is 10.8 Å². The van der Waals surface area contributed by atoms with E-state index in [0.717, 1.165) is 43.7 Å². The van der Waals surface area contributed by atoms with Crippen LogP contribution in [0.2, 0.25) is 0 Å². The van der Waals surface area contributed by atoms with Crippen molar-refractivity contribution < 1.29 is 4.74 Å². The van der Waals surface area contributed by atoms with Gasteiger partial charge < -0.3 is 10.1 Å². The maximum Gasteiger partial charge on any atom is 0.0534 e. The molecule has 132 valence electrons. The summed E-state index contributed by atoms with van der Waals surface area (Å²) in [4.78, 5) is 0. The van der Waals surface area contributed by atoms with Crippen LogP contribution in [0.15, 0.2) is 12.3 Å². The topological polar surface area (TPSA) is 21.3 Å². The van der Waals surface area contributed by atoms with Crippen LogP contribution in [0.25, 0.3) is 0 Å². The lowest BCUT2D eigenvalue weighted by Gasteiger charge is -2.30. The normalized spacial score (nSPS) is 13.0. The molecule has 0 amide bonds. The molecule has 0 aliphatic carbocycles. The summed E-state index contributed by atoms with van der Waals surface area (Å²) < 4.78 is 6.02. The fourth-order valence-electron chi connectivity index (χ4n) is 2.73. The minimum atomic E-state index is 0.134. The molecule has 0 spiro atoms. The number of rotatable bonds is 12. The third-order valence-corrected chi connectivity index (χ3v) is 3.79.